The third-order valence-electron chi connectivity index (χ3n) is 1.49. The number of hydrogen-bond donors (Lipinski definition) is 1. The fourth-order valence-corrected chi connectivity index (χ4v) is 0.985. The molecule has 0 fully saturated rings. The second-order valence-corrected chi connectivity index (χ2v) is 3.01. The molecular formula is C10H14N2. The summed E-state index contributed by atoms with van der Waals surface area (Å²) in [5.41, 5.74) is 2.05. The number of aromatic nitrogens is 1. The van der Waals surface area contributed by atoms with E-state index in [1.807, 2.05) is 12.1 Å². The summed E-state index contributed by atoms with van der Waals surface area (Å²) in [6.07, 6.45) is 3.53. The normalized spacial score (nSPS) is 9.92. The zero-order valence-electron chi connectivity index (χ0n) is 7.54. The van der Waals surface area contributed by atoms with E-state index in [1.54, 1.807) is 12.4 Å². The molecule has 0 aliphatic carbocycles. The molecule has 0 bridgehead atoms. The molecular weight excluding hydrogens is 148 g/mol. The predicted molar refractivity (Wildman–Crippen MR) is 51.5 cm³/mol. The Bertz CT molecular complexity index is 252. The molecule has 0 amide bonds. The summed E-state index contributed by atoms with van der Waals surface area (Å²) < 4.78 is 0. The van der Waals surface area contributed by atoms with E-state index in [0.717, 1.165) is 11.3 Å². The van der Waals surface area contributed by atoms with Gasteiger partial charge in [-0.2, -0.15) is 0 Å². The average molecular weight is 162 g/mol. The minimum absolute atomic E-state index is 0.422. The van der Waals surface area contributed by atoms with E-state index in [4.69, 9.17) is 0 Å². The standard InChI is InChI=1S/C10H14N2/c1-8(2)12-9(3)10-4-6-11-7-5-10/h4-8,12H,3H2,1-2H3. The summed E-state index contributed by atoms with van der Waals surface area (Å²) in [5.74, 6) is 0. The van der Waals surface area contributed by atoms with E-state index in [1.165, 1.54) is 0 Å². The fraction of sp³-hybridized carbons (Fsp3) is 0.300. The van der Waals surface area contributed by atoms with Crippen molar-refractivity contribution in [1.29, 1.82) is 0 Å². The lowest BCUT2D eigenvalue weighted by atomic mass is 10.2. The monoisotopic (exact) mass is 162 g/mol. The third kappa shape index (κ3) is 2.38. The molecule has 0 unspecified atom stereocenters. The van der Waals surface area contributed by atoms with Gasteiger partial charge in [0.05, 0.1) is 0 Å². The van der Waals surface area contributed by atoms with Crippen LogP contribution < -0.4 is 5.32 Å². The Hall–Kier alpha value is -1.31. The van der Waals surface area contributed by atoms with Crippen LogP contribution in [0.3, 0.4) is 0 Å². The highest BCUT2D eigenvalue weighted by molar-refractivity contribution is 5.60. The molecule has 0 aliphatic heterocycles. The number of nitrogens with zero attached hydrogens (tertiary/aromatic N) is 1. The molecule has 0 radical (unpaired) electrons. The first-order valence-electron chi connectivity index (χ1n) is 4.06. The summed E-state index contributed by atoms with van der Waals surface area (Å²) in [6.45, 7) is 8.11. The first-order chi connectivity index (χ1) is 5.70. The molecule has 2 nitrogen and oxygen atoms in total. The van der Waals surface area contributed by atoms with E-state index in [2.05, 4.69) is 30.7 Å². The van der Waals surface area contributed by atoms with Crippen molar-refractivity contribution in [3.8, 4) is 0 Å². The van der Waals surface area contributed by atoms with Gasteiger partial charge < -0.3 is 5.32 Å². The fourth-order valence-electron chi connectivity index (χ4n) is 0.985. The molecule has 64 valence electrons. The molecule has 12 heavy (non-hydrogen) atoms. The van der Waals surface area contributed by atoms with Crippen molar-refractivity contribution in [3.05, 3.63) is 36.7 Å². The lowest BCUT2D eigenvalue weighted by Crippen LogP contribution is -2.20. The van der Waals surface area contributed by atoms with Gasteiger partial charge in [0.1, 0.15) is 0 Å². The highest BCUT2D eigenvalue weighted by atomic mass is 14.9. The van der Waals surface area contributed by atoms with E-state index in [-0.39, 0.29) is 0 Å². The summed E-state index contributed by atoms with van der Waals surface area (Å²) in [5, 5.41) is 3.24. The Morgan fingerprint density at radius 3 is 2.50 bits per heavy atom. The quantitative estimate of drug-likeness (QED) is 0.735. The predicted octanol–water partition coefficient (Wildman–Crippen LogP) is 2.05. The average Bonchev–Trinajstić information content (AvgIpc) is 2.05. The molecule has 1 N–H and O–H groups in total. The van der Waals surface area contributed by atoms with E-state index in [9.17, 15) is 0 Å². The van der Waals surface area contributed by atoms with Crippen LogP contribution in [0.1, 0.15) is 19.4 Å². The molecule has 1 aromatic heterocycles. The molecule has 1 rings (SSSR count). The Kier molecular flexibility index (Phi) is 2.86. The van der Waals surface area contributed by atoms with Crippen LogP contribution in [0.25, 0.3) is 5.70 Å². The van der Waals surface area contributed by atoms with Crippen LogP contribution in [-0.2, 0) is 0 Å². The molecule has 0 aromatic carbocycles. The molecule has 0 saturated heterocycles. The van der Waals surface area contributed by atoms with Crippen molar-refractivity contribution in [2.75, 3.05) is 0 Å². The number of hydrogen-bond acceptors (Lipinski definition) is 2. The summed E-state index contributed by atoms with van der Waals surface area (Å²) in [7, 11) is 0. The molecule has 1 heterocycles. The molecule has 0 spiro atoms. The van der Waals surface area contributed by atoms with Crippen LogP contribution in [0.5, 0.6) is 0 Å². The maximum absolute atomic E-state index is 3.94. The maximum Gasteiger partial charge on any atom is 0.0343 e. The summed E-state index contributed by atoms with van der Waals surface area (Å²) in [6, 6.07) is 4.31. The topological polar surface area (TPSA) is 24.9 Å². The molecule has 2 heteroatoms. The summed E-state index contributed by atoms with van der Waals surface area (Å²) in [4.78, 5) is 3.94. The number of rotatable bonds is 3. The smallest absolute Gasteiger partial charge is 0.0343 e. The zero-order chi connectivity index (χ0) is 8.97. The van der Waals surface area contributed by atoms with Crippen LogP contribution in [0, 0.1) is 0 Å². The largest absolute Gasteiger partial charge is 0.383 e. The first kappa shape index (κ1) is 8.78. The lowest BCUT2D eigenvalue weighted by Gasteiger charge is -2.12. The van der Waals surface area contributed by atoms with Gasteiger partial charge in [-0.05, 0) is 26.0 Å². The van der Waals surface area contributed by atoms with Crippen LogP contribution >= 0.6 is 0 Å². The van der Waals surface area contributed by atoms with Crippen molar-refractivity contribution in [2.24, 2.45) is 0 Å². The SMILES string of the molecule is C=C(NC(C)C)c1ccncc1. The molecule has 0 saturated carbocycles. The molecule has 1 aromatic rings. The van der Waals surface area contributed by atoms with Gasteiger partial charge in [0, 0.05) is 29.7 Å². The Balaban J connectivity index is 2.66. The number of nitrogens with one attached hydrogen (secondary N) is 1. The van der Waals surface area contributed by atoms with Crippen molar-refractivity contribution in [1.82, 2.24) is 10.3 Å². The van der Waals surface area contributed by atoms with Gasteiger partial charge in [-0.1, -0.05) is 6.58 Å². The highest BCUT2D eigenvalue weighted by Crippen LogP contribution is 2.07. The van der Waals surface area contributed by atoms with Crippen LogP contribution in [0.2, 0.25) is 0 Å². The first-order valence-corrected chi connectivity index (χ1v) is 4.06. The van der Waals surface area contributed by atoms with Gasteiger partial charge in [0.15, 0.2) is 0 Å². The molecule has 0 atom stereocenters. The van der Waals surface area contributed by atoms with Crippen LogP contribution in [0.4, 0.5) is 0 Å². The van der Waals surface area contributed by atoms with Crippen molar-refractivity contribution in [3.63, 3.8) is 0 Å². The van der Waals surface area contributed by atoms with Crippen LogP contribution in [0.15, 0.2) is 31.1 Å². The van der Waals surface area contributed by atoms with Crippen molar-refractivity contribution in [2.45, 2.75) is 19.9 Å². The van der Waals surface area contributed by atoms with Gasteiger partial charge >= 0.3 is 0 Å². The van der Waals surface area contributed by atoms with E-state index >= 15 is 0 Å². The van der Waals surface area contributed by atoms with Crippen LogP contribution in [-0.4, -0.2) is 11.0 Å². The minimum Gasteiger partial charge on any atom is -0.383 e. The van der Waals surface area contributed by atoms with Crippen molar-refractivity contribution >= 4 is 5.70 Å². The highest BCUT2D eigenvalue weighted by Gasteiger charge is 1.98. The van der Waals surface area contributed by atoms with E-state index < -0.39 is 0 Å². The Morgan fingerprint density at radius 1 is 1.42 bits per heavy atom. The number of pyridine rings is 1. The van der Waals surface area contributed by atoms with Gasteiger partial charge in [0.25, 0.3) is 0 Å². The third-order valence-corrected chi connectivity index (χ3v) is 1.49. The second kappa shape index (κ2) is 3.90. The minimum atomic E-state index is 0.422. The van der Waals surface area contributed by atoms with Gasteiger partial charge in [-0.15, -0.1) is 0 Å². The van der Waals surface area contributed by atoms with Crippen molar-refractivity contribution < 1.29 is 0 Å². The molecule has 0 aliphatic rings. The van der Waals surface area contributed by atoms with Gasteiger partial charge in [0.2, 0.25) is 0 Å². The zero-order valence-corrected chi connectivity index (χ0v) is 7.54. The maximum atomic E-state index is 3.94. The second-order valence-electron chi connectivity index (χ2n) is 3.01. The van der Waals surface area contributed by atoms with Gasteiger partial charge in [-0.25, -0.2) is 0 Å². The van der Waals surface area contributed by atoms with E-state index in [0.29, 0.717) is 6.04 Å². The van der Waals surface area contributed by atoms with Gasteiger partial charge in [-0.3, -0.25) is 4.98 Å². The Morgan fingerprint density at radius 2 is 2.00 bits per heavy atom. The lowest BCUT2D eigenvalue weighted by molar-refractivity contribution is 0.718. The Labute approximate surface area is 73.3 Å². The summed E-state index contributed by atoms with van der Waals surface area (Å²) >= 11 is 0.